The van der Waals surface area contributed by atoms with Crippen LogP contribution in [0, 0.1) is 0 Å². The zero-order valence-corrected chi connectivity index (χ0v) is 21.4. The van der Waals surface area contributed by atoms with Gasteiger partial charge in [-0.05, 0) is 51.0 Å². The molecule has 0 saturated heterocycles. The quantitative estimate of drug-likeness (QED) is 0.464. The Morgan fingerprint density at radius 1 is 0.771 bits per heavy atom. The Hall–Kier alpha value is -3.02. The lowest BCUT2D eigenvalue weighted by Gasteiger charge is -2.45. The van der Waals surface area contributed by atoms with Crippen molar-refractivity contribution < 1.29 is 9.84 Å². The first-order valence-corrected chi connectivity index (χ1v) is 13.0. The summed E-state index contributed by atoms with van der Waals surface area (Å²) in [6.07, 6.45) is 0. The van der Waals surface area contributed by atoms with Gasteiger partial charge in [0.25, 0.3) is 0 Å². The van der Waals surface area contributed by atoms with Gasteiger partial charge in [-0.3, -0.25) is 4.90 Å². The van der Waals surface area contributed by atoms with Gasteiger partial charge in [-0.25, -0.2) is 0 Å². The second-order valence-electron chi connectivity index (χ2n) is 9.32. The lowest BCUT2D eigenvalue weighted by molar-refractivity contribution is 0.126. The van der Waals surface area contributed by atoms with Gasteiger partial charge in [0.2, 0.25) is 0 Å². The number of fused-ring (bicyclic) bond motifs is 6. The molecule has 35 heavy (non-hydrogen) atoms. The average Bonchev–Trinajstić information content (AvgIpc) is 3.20. The predicted octanol–water partition coefficient (Wildman–Crippen LogP) is 5.58. The number of aliphatic hydroxyl groups is 1. The van der Waals surface area contributed by atoms with Crippen LogP contribution < -0.4 is 14.5 Å². The summed E-state index contributed by atoms with van der Waals surface area (Å²) in [6, 6.07) is 22.1. The molecule has 5 rings (SSSR count). The van der Waals surface area contributed by atoms with Crippen molar-refractivity contribution in [3.63, 3.8) is 0 Å². The first kappa shape index (κ1) is 23.7. The third kappa shape index (κ3) is 3.60. The topological polar surface area (TPSA) is 39.2 Å². The molecule has 0 radical (unpaired) electrons. The van der Waals surface area contributed by atoms with Crippen molar-refractivity contribution in [3.05, 3.63) is 82.9 Å². The minimum atomic E-state index is -0.494. The molecule has 5 heteroatoms. The van der Waals surface area contributed by atoms with E-state index in [9.17, 15) is 5.11 Å². The molecule has 2 aliphatic rings. The third-order valence-electron chi connectivity index (χ3n) is 7.80. The number of anilines is 2. The van der Waals surface area contributed by atoms with Gasteiger partial charge in [0.15, 0.2) is 0 Å². The normalized spacial score (nSPS) is 15.3. The molecule has 0 saturated carbocycles. The molecule has 0 aromatic heterocycles. The van der Waals surface area contributed by atoms with E-state index >= 15 is 0 Å². The van der Waals surface area contributed by atoms with E-state index in [-0.39, 0.29) is 6.61 Å². The molecular formula is C30H37N3O2. The van der Waals surface area contributed by atoms with Crippen molar-refractivity contribution in [1.82, 2.24) is 4.90 Å². The molecule has 0 amide bonds. The van der Waals surface area contributed by atoms with Gasteiger partial charge < -0.3 is 19.6 Å². The maximum atomic E-state index is 10.1. The number of aliphatic hydroxyl groups excluding tert-OH is 1. The monoisotopic (exact) mass is 471 g/mol. The van der Waals surface area contributed by atoms with E-state index in [1.807, 2.05) is 0 Å². The molecule has 0 aliphatic carbocycles. The fourth-order valence-electron chi connectivity index (χ4n) is 6.13. The van der Waals surface area contributed by atoms with E-state index in [2.05, 4.69) is 103 Å². The number of nitrogens with zero attached hydrogens (tertiary/aromatic N) is 3. The van der Waals surface area contributed by atoms with Crippen LogP contribution in [0.15, 0.2) is 60.7 Å². The minimum Gasteiger partial charge on any atom is -0.456 e. The van der Waals surface area contributed by atoms with E-state index in [0.717, 1.165) is 55.3 Å². The summed E-state index contributed by atoms with van der Waals surface area (Å²) in [7, 11) is 0. The zero-order chi connectivity index (χ0) is 24.6. The lowest BCUT2D eigenvalue weighted by Crippen LogP contribution is -2.46. The predicted molar refractivity (Wildman–Crippen MR) is 144 cm³/mol. The Morgan fingerprint density at radius 2 is 1.31 bits per heavy atom. The number of benzene rings is 3. The molecule has 0 fully saturated rings. The molecular weight excluding hydrogens is 434 g/mol. The second-order valence-corrected chi connectivity index (χ2v) is 9.32. The van der Waals surface area contributed by atoms with Crippen LogP contribution in [-0.4, -0.2) is 49.3 Å². The summed E-state index contributed by atoms with van der Waals surface area (Å²) < 4.78 is 6.72. The molecule has 1 N–H and O–H groups in total. The van der Waals surface area contributed by atoms with Gasteiger partial charge in [0.1, 0.15) is 17.0 Å². The molecule has 2 heterocycles. The smallest absolute Gasteiger partial charge is 0.135 e. The van der Waals surface area contributed by atoms with E-state index in [1.165, 1.54) is 22.5 Å². The molecule has 3 aromatic carbocycles. The molecule has 2 aliphatic heterocycles. The molecule has 1 spiro atoms. The molecule has 0 atom stereocenters. The largest absolute Gasteiger partial charge is 0.456 e. The highest BCUT2D eigenvalue weighted by Gasteiger charge is 2.52. The van der Waals surface area contributed by atoms with Gasteiger partial charge in [0, 0.05) is 73.9 Å². The Balaban J connectivity index is 1.79. The van der Waals surface area contributed by atoms with Crippen molar-refractivity contribution in [2.24, 2.45) is 0 Å². The van der Waals surface area contributed by atoms with Crippen LogP contribution in [0.3, 0.4) is 0 Å². The minimum absolute atomic E-state index is 0.107. The first-order valence-electron chi connectivity index (χ1n) is 13.0. The summed E-state index contributed by atoms with van der Waals surface area (Å²) in [5.74, 6) is 1.80. The van der Waals surface area contributed by atoms with E-state index < -0.39 is 5.54 Å². The third-order valence-corrected chi connectivity index (χ3v) is 7.80. The van der Waals surface area contributed by atoms with Crippen molar-refractivity contribution in [3.8, 4) is 11.5 Å². The van der Waals surface area contributed by atoms with Crippen molar-refractivity contribution in [1.29, 1.82) is 0 Å². The SMILES string of the molecule is CCN(CC)c1ccc2c(c1)Oc1cc(N(CC)CC)ccc1C21c2ccccc2CN1CCO. The van der Waals surface area contributed by atoms with Crippen LogP contribution in [0.4, 0.5) is 11.4 Å². The lowest BCUT2D eigenvalue weighted by atomic mass is 9.74. The summed E-state index contributed by atoms with van der Waals surface area (Å²) >= 11 is 0. The highest BCUT2D eigenvalue weighted by Crippen LogP contribution is 2.58. The van der Waals surface area contributed by atoms with Crippen molar-refractivity contribution in [2.75, 3.05) is 49.1 Å². The highest BCUT2D eigenvalue weighted by molar-refractivity contribution is 5.70. The van der Waals surface area contributed by atoms with Crippen LogP contribution >= 0.6 is 0 Å². The fraction of sp³-hybridized carbons (Fsp3) is 0.400. The standard InChI is InChI=1S/C30H37N3O2/c1-5-31(6-2)23-13-15-26-28(19-23)35-29-20-24(32(7-3)8-4)14-16-27(29)30(26)25-12-10-9-11-22(25)21-33(30)17-18-34/h9-16,19-20,34H,5-8,17-18,21H2,1-4H3. The van der Waals surface area contributed by atoms with E-state index in [4.69, 9.17) is 4.74 Å². The molecule has 184 valence electrons. The highest BCUT2D eigenvalue weighted by atomic mass is 16.5. The number of rotatable bonds is 8. The zero-order valence-electron chi connectivity index (χ0n) is 21.4. The van der Waals surface area contributed by atoms with Crippen molar-refractivity contribution >= 4 is 11.4 Å². The fourth-order valence-corrected chi connectivity index (χ4v) is 6.13. The Kier molecular flexibility index (Phi) is 6.47. The summed E-state index contributed by atoms with van der Waals surface area (Å²) in [5.41, 5.74) is 6.74. The van der Waals surface area contributed by atoms with E-state index in [1.54, 1.807) is 0 Å². The first-order chi connectivity index (χ1) is 17.1. The molecule has 0 unspecified atom stereocenters. The summed E-state index contributed by atoms with van der Waals surface area (Å²) in [6.45, 7) is 14.0. The van der Waals surface area contributed by atoms with Crippen molar-refractivity contribution in [2.45, 2.75) is 39.8 Å². The number of ether oxygens (including phenoxy) is 1. The maximum absolute atomic E-state index is 10.1. The summed E-state index contributed by atoms with van der Waals surface area (Å²) in [5, 5.41) is 10.1. The molecule has 5 nitrogen and oxygen atoms in total. The van der Waals surface area contributed by atoms with Crippen LogP contribution in [-0.2, 0) is 12.1 Å². The Labute approximate surface area is 209 Å². The van der Waals surface area contributed by atoms with Crippen LogP contribution in [0.25, 0.3) is 0 Å². The maximum Gasteiger partial charge on any atom is 0.135 e. The van der Waals surface area contributed by atoms with Crippen LogP contribution in [0.2, 0.25) is 0 Å². The number of hydrogen-bond acceptors (Lipinski definition) is 5. The number of β-amino-alcohol motifs (C(OH)–C–C–N with tert-alkyl or cyclic N) is 1. The second kappa shape index (κ2) is 9.56. The van der Waals surface area contributed by atoms with E-state index in [0.29, 0.717) is 6.54 Å². The van der Waals surface area contributed by atoms with Gasteiger partial charge >= 0.3 is 0 Å². The van der Waals surface area contributed by atoms with Gasteiger partial charge in [-0.2, -0.15) is 0 Å². The van der Waals surface area contributed by atoms with Gasteiger partial charge in [-0.15, -0.1) is 0 Å². The van der Waals surface area contributed by atoms with Gasteiger partial charge in [0.05, 0.1) is 6.61 Å². The average molecular weight is 472 g/mol. The van der Waals surface area contributed by atoms with Crippen LogP contribution in [0.1, 0.15) is 49.9 Å². The van der Waals surface area contributed by atoms with Crippen LogP contribution in [0.5, 0.6) is 11.5 Å². The van der Waals surface area contributed by atoms with Gasteiger partial charge in [-0.1, -0.05) is 36.4 Å². The Morgan fingerprint density at radius 3 is 1.83 bits per heavy atom. The Bertz CT molecular complexity index is 1140. The summed E-state index contributed by atoms with van der Waals surface area (Å²) in [4.78, 5) is 7.13. The number of hydrogen-bond donors (Lipinski definition) is 1. The molecule has 3 aromatic rings. The molecule has 0 bridgehead atoms.